The Morgan fingerprint density at radius 3 is 2.71 bits per heavy atom. The molecule has 42 heavy (non-hydrogen) atoms. The molecular weight excluding hydrogens is 548 g/mol. The first-order valence-corrected chi connectivity index (χ1v) is 16.3. The van der Waals surface area contributed by atoms with Gasteiger partial charge >= 0.3 is 0 Å². The summed E-state index contributed by atoms with van der Waals surface area (Å²) in [4.78, 5) is 15.9. The van der Waals surface area contributed by atoms with Gasteiger partial charge in [0, 0.05) is 41.7 Å². The fraction of sp³-hybridized carbons (Fsp3) is 0.613. The van der Waals surface area contributed by atoms with Gasteiger partial charge in [0.15, 0.2) is 17.3 Å². The van der Waals surface area contributed by atoms with Crippen LogP contribution in [0.2, 0.25) is 0 Å². The number of anilines is 2. The highest BCUT2D eigenvalue weighted by Crippen LogP contribution is 2.55. The standard InChI is InChI=1S/C31H38N8O2S/c1-16(21-7-5-11-38(21)2)40-24-12-23(39-14-19-20(15-39)26(19)33)35-30(36-24)27-17-6-3-9-31(28(17)41-37-27)10-4-8-22-25(31)18(13-32)29(34)42-22/h12,16,19-21,26H,3-11,14-15,33-34H2,1-2H3/t16-,19-,20+,21-,26?,31-/m0/s1. The summed E-state index contributed by atoms with van der Waals surface area (Å²) in [5.74, 6) is 3.92. The molecule has 6 atom stereocenters. The van der Waals surface area contributed by atoms with Crippen LogP contribution in [0, 0.1) is 23.2 Å². The normalized spacial score (nSPS) is 30.6. The van der Waals surface area contributed by atoms with Gasteiger partial charge in [-0.2, -0.15) is 10.2 Å². The van der Waals surface area contributed by atoms with Gasteiger partial charge in [0.25, 0.3) is 0 Å². The zero-order valence-corrected chi connectivity index (χ0v) is 25.1. The van der Waals surface area contributed by atoms with Crippen LogP contribution in [0.4, 0.5) is 10.8 Å². The third-order valence-electron chi connectivity index (χ3n) is 10.8. The molecule has 0 aromatic carbocycles. The number of piperidine rings is 1. The van der Waals surface area contributed by atoms with Crippen LogP contribution in [0.15, 0.2) is 10.6 Å². The lowest BCUT2D eigenvalue weighted by atomic mass is 9.63. The summed E-state index contributed by atoms with van der Waals surface area (Å²) in [7, 11) is 2.17. The van der Waals surface area contributed by atoms with Gasteiger partial charge < -0.3 is 25.6 Å². The predicted molar refractivity (Wildman–Crippen MR) is 161 cm³/mol. The van der Waals surface area contributed by atoms with Crippen molar-refractivity contribution in [3.8, 4) is 23.5 Å². The van der Waals surface area contributed by atoms with Crippen molar-refractivity contribution in [2.24, 2.45) is 17.6 Å². The van der Waals surface area contributed by atoms with Gasteiger partial charge in [-0.05, 0) is 89.3 Å². The molecule has 5 heterocycles. The highest BCUT2D eigenvalue weighted by atomic mass is 32.1. The van der Waals surface area contributed by atoms with Crippen LogP contribution in [-0.4, -0.2) is 64.9 Å². The van der Waals surface area contributed by atoms with E-state index in [-0.39, 0.29) is 11.5 Å². The molecule has 3 aromatic heterocycles. The average molecular weight is 587 g/mol. The van der Waals surface area contributed by atoms with Crippen LogP contribution >= 0.6 is 11.3 Å². The van der Waals surface area contributed by atoms with Crippen LogP contribution in [-0.2, 0) is 18.3 Å². The number of hydrogen-bond donors (Lipinski definition) is 2. The van der Waals surface area contributed by atoms with Crippen LogP contribution in [0.25, 0.3) is 11.5 Å². The third kappa shape index (κ3) is 3.91. The Hall–Kier alpha value is -3.20. The molecule has 220 valence electrons. The number of nitrogens with two attached hydrogens (primary N) is 2. The van der Waals surface area contributed by atoms with E-state index in [0.717, 1.165) is 87.3 Å². The van der Waals surface area contributed by atoms with E-state index in [9.17, 15) is 5.26 Å². The van der Waals surface area contributed by atoms with E-state index in [0.29, 0.717) is 51.9 Å². The Morgan fingerprint density at radius 1 is 1.19 bits per heavy atom. The summed E-state index contributed by atoms with van der Waals surface area (Å²) in [5.41, 5.74) is 15.7. The van der Waals surface area contributed by atoms with E-state index in [4.69, 9.17) is 30.7 Å². The molecule has 1 unspecified atom stereocenters. The van der Waals surface area contributed by atoms with E-state index in [1.807, 2.05) is 6.07 Å². The van der Waals surface area contributed by atoms with Crippen molar-refractivity contribution < 1.29 is 9.26 Å². The van der Waals surface area contributed by atoms with E-state index < -0.39 is 0 Å². The summed E-state index contributed by atoms with van der Waals surface area (Å²) in [6.45, 7) is 5.04. The Morgan fingerprint density at radius 2 is 1.98 bits per heavy atom. The first-order valence-electron chi connectivity index (χ1n) is 15.5. The maximum absolute atomic E-state index is 10.1. The highest BCUT2D eigenvalue weighted by Gasteiger charge is 2.54. The van der Waals surface area contributed by atoms with E-state index >= 15 is 0 Å². The molecule has 0 bridgehead atoms. The number of likely N-dealkylation sites (N-methyl/N-ethyl adjacent to an activating group) is 1. The van der Waals surface area contributed by atoms with Crippen molar-refractivity contribution in [2.45, 2.75) is 81.9 Å². The lowest BCUT2D eigenvalue weighted by molar-refractivity contribution is 0.117. The molecule has 2 saturated heterocycles. The van der Waals surface area contributed by atoms with Crippen molar-refractivity contribution in [3.05, 3.63) is 33.4 Å². The fourth-order valence-electron chi connectivity index (χ4n) is 8.52. The van der Waals surface area contributed by atoms with Crippen molar-refractivity contribution in [1.29, 1.82) is 5.26 Å². The maximum atomic E-state index is 10.1. The molecule has 3 aliphatic carbocycles. The molecule has 3 fully saturated rings. The molecule has 11 heteroatoms. The maximum Gasteiger partial charge on any atom is 0.219 e. The van der Waals surface area contributed by atoms with Gasteiger partial charge in [0.2, 0.25) is 5.88 Å². The van der Waals surface area contributed by atoms with Crippen LogP contribution < -0.4 is 21.1 Å². The molecule has 5 aliphatic rings. The first kappa shape index (κ1) is 26.4. The molecule has 2 aliphatic heterocycles. The minimum absolute atomic E-state index is 0.00268. The minimum Gasteiger partial charge on any atom is -0.473 e. The number of ether oxygens (including phenoxy) is 1. The molecule has 4 N–H and O–H groups in total. The average Bonchev–Trinajstić information content (AvgIpc) is 3.57. The largest absolute Gasteiger partial charge is 0.473 e. The second-order valence-electron chi connectivity index (χ2n) is 13.1. The summed E-state index contributed by atoms with van der Waals surface area (Å²) in [6.07, 6.45) is 7.94. The fourth-order valence-corrected chi connectivity index (χ4v) is 9.68. The monoisotopic (exact) mass is 586 g/mol. The zero-order valence-electron chi connectivity index (χ0n) is 24.3. The number of thiophene rings is 1. The Bertz CT molecular complexity index is 1580. The summed E-state index contributed by atoms with van der Waals surface area (Å²) < 4.78 is 12.8. The van der Waals surface area contributed by atoms with Crippen molar-refractivity contribution in [2.75, 3.05) is 37.3 Å². The number of nitrogen functional groups attached to an aromatic ring is 1. The Balaban J connectivity index is 1.20. The van der Waals surface area contributed by atoms with Crippen LogP contribution in [0.1, 0.15) is 72.8 Å². The Labute approximate surface area is 250 Å². The van der Waals surface area contributed by atoms with E-state index in [1.54, 1.807) is 11.3 Å². The molecule has 8 rings (SSSR count). The molecule has 3 aromatic rings. The van der Waals surface area contributed by atoms with E-state index in [2.05, 4.69) is 35.0 Å². The van der Waals surface area contributed by atoms with Crippen molar-refractivity contribution in [1.82, 2.24) is 20.0 Å². The number of hydrogen-bond acceptors (Lipinski definition) is 11. The molecule has 0 radical (unpaired) electrons. The van der Waals surface area contributed by atoms with E-state index in [1.165, 1.54) is 11.3 Å². The Kier molecular flexibility index (Phi) is 6.08. The smallest absolute Gasteiger partial charge is 0.219 e. The summed E-state index contributed by atoms with van der Waals surface area (Å²) in [6, 6.07) is 5.06. The predicted octanol–water partition coefficient (Wildman–Crippen LogP) is 3.86. The molecule has 1 spiro atoms. The molecule has 10 nitrogen and oxygen atoms in total. The number of aromatic nitrogens is 3. The summed E-state index contributed by atoms with van der Waals surface area (Å²) >= 11 is 1.56. The van der Waals surface area contributed by atoms with Crippen molar-refractivity contribution in [3.63, 3.8) is 0 Å². The van der Waals surface area contributed by atoms with Gasteiger partial charge in [-0.15, -0.1) is 11.3 Å². The number of fused-ring (bicyclic) bond motifs is 5. The van der Waals surface area contributed by atoms with Crippen molar-refractivity contribution >= 4 is 22.2 Å². The second kappa shape index (κ2) is 9.66. The zero-order chi connectivity index (χ0) is 28.7. The van der Waals surface area contributed by atoms with Gasteiger partial charge in [-0.1, -0.05) is 5.16 Å². The van der Waals surface area contributed by atoms with Crippen LogP contribution in [0.5, 0.6) is 5.88 Å². The SMILES string of the molecule is C[C@H](Oc1cc(N2C[C@@H]3C(N)[C@@H]3C2)nc(-c2noc3c2CCC[C@@]32CCCc3sc(N)c(C#N)c32)n1)[C@@H]1CCCN1C. The topological polar surface area (TPSA) is 143 Å². The molecular formula is C31H38N8O2S. The van der Waals surface area contributed by atoms with Gasteiger partial charge in [0.05, 0.1) is 11.0 Å². The number of nitriles is 1. The summed E-state index contributed by atoms with van der Waals surface area (Å²) in [5, 5.41) is 15.3. The molecule has 1 saturated carbocycles. The van der Waals surface area contributed by atoms with Gasteiger partial charge in [0.1, 0.15) is 23.0 Å². The van der Waals surface area contributed by atoms with Gasteiger partial charge in [-0.3, -0.25) is 4.90 Å². The van der Waals surface area contributed by atoms with Gasteiger partial charge in [-0.25, -0.2) is 4.98 Å². The molecule has 0 amide bonds. The number of rotatable bonds is 5. The second-order valence-corrected chi connectivity index (χ2v) is 14.2. The lowest BCUT2D eigenvalue weighted by Crippen LogP contribution is -2.38. The lowest BCUT2D eigenvalue weighted by Gasteiger charge is -2.39. The first-order chi connectivity index (χ1) is 20.4. The highest BCUT2D eigenvalue weighted by molar-refractivity contribution is 7.16. The number of likely N-dealkylation sites (tertiary alicyclic amines) is 1. The number of aryl methyl sites for hydroxylation is 1. The quantitative estimate of drug-likeness (QED) is 0.452. The van der Waals surface area contributed by atoms with Crippen LogP contribution in [0.3, 0.4) is 0 Å². The number of nitrogens with zero attached hydrogens (tertiary/aromatic N) is 6. The third-order valence-corrected chi connectivity index (χ3v) is 11.8. The minimum atomic E-state index is -0.378.